The third-order valence-electron chi connectivity index (χ3n) is 5.17. The molecule has 3 heteroatoms. The van der Waals surface area contributed by atoms with Crippen molar-refractivity contribution in [2.24, 2.45) is 11.8 Å². The monoisotopic (exact) mass is 350 g/mol. The summed E-state index contributed by atoms with van der Waals surface area (Å²) in [6.07, 6.45) is 1.19. The van der Waals surface area contributed by atoms with Crippen molar-refractivity contribution in [3.8, 4) is 0 Å². The predicted molar refractivity (Wildman–Crippen MR) is 102 cm³/mol. The first-order valence-corrected chi connectivity index (χ1v) is 9.37. The van der Waals surface area contributed by atoms with E-state index in [0.29, 0.717) is 18.9 Å². The number of carbonyl (C=O) groups is 2. The molecule has 0 spiro atoms. The van der Waals surface area contributed by atoms with E-state index in [1.54, 1.807) is 0 Å². The number of esters is 1. The molecule has 0 unspecified atom stereocenters. The van der Waals surface area contributed by atoms with Crippen molar-refractivity contribution in [1.82, 2.24) is 0 Å². The first-order chi connectivity index (χ1) is 12.6. The van der Waals surface area contributed by atoms with Gasteiger partial charge in [-0.1, -0.05) is 74.5 Å². The van der Waals surface area contributed by atoms with Gasteiger partial charge in [0.25, 0.3) is 0 Å². The van der Waals surface area contributed by atoms with Gasteiger partial charge < -0.3 is 4.74 Å². The maximum absolute atomic E-state index is 12.8. The van der Waals surface area contributed by atoms with Crippen LogP contribution in [0.2, 0.25) is 0 Å². The fourth-order valence-electron chi connectivity index (χ4n) is 3.79. The molecule has 1 aliphatic carbocycles. The van der Waals surface area contributed by atoms with Crippen LogP contribution in [0.1, 0.15) is 49.7 Å². The third kappa shape index (κ3) is 4.04. The van der Waals surface area contributed by atoms with Crippen molar-refractivity contribution in [3.63, 3.8) is 0 Å². The maximum Gasteiger partial charge on any atom is 0.317 e. The molecule has 0 bridgehead atoms. The molecular weight excluding hydrogens is 324 g/mol. The molecule has 1 saturated carbocycles. The Morgan fingerprint density at radius 2 is 1.58 bits per heavy atom. The minimum atomic E-state index is -0.713. The second-order valence-electron chi connectivity index (χ2n) is 7.45. The zero-order valence-electron chi connectivity index (χ0n) is 15.4. The van der Waals surface area contributed by atoms with Crippen molar-refractivity contribution in [2.75, 3.05) is 6.61 Å². The van der Waals surface area contributed by atoms with Gasteiger partial charge in [0, 0.05) is 12.3 Å². The summed E-state index contributed by atoms with van der Waals surface area (Å²) < 4.78 is 5.48. The van der Waals surface area contributed by atoms with Crippen LogP contribution >= 0.6 is 0 Å². The standard InChI is InChI=1S/C23H26O3/c1-16(2)13-14-26-23(25)22-20(24)15-19(17-9-5-3-6-10-17)21(22)18-11-7-4-8-12-18/h3-12,16,19,21-22H,13-15H2,1-2H3/t19-,21-,22+/m0/s1. The van der Waals surface area contributed by atoms with Crippen LogP contribution in [0.3, 0.4) is 0 Å². The van der Waals surface area contributed by atoms with Gasteiger partial charge in [0.15, 0.2) is 0 Å². The van der Waals surface area contributed by atoms with E-state index < -0.39 is 5.92 Å². The van der Waals surface area contributed by atoms with Crippen LogP contribution < -0.4 is 0 Å². The lowest BCUT2D eigenvalue weighted by Gasteiger charge is -2.24. The predicted octanol–water partition coefficient (Wildman–Crippen LogP) is 4.73. The van der Waals surface area contributed by atoms with E-state index in [2.05, 4.69) is 13.8 Å². The number of hydrogen-bond donors (Lipinski definition) is 0. The summed E-state index contributed by atoms with van der Waals surface area (Å²) >= 11 is 0. The van der Waals surface area contributed by atoms with Gasteiger partial charge in [-0.2, -0.15) is 0 Å². The largest absolute Gasteiger partial charge is 0.465 e. The minimum Gasteiger partial charge on any atom is -0.465 e. The van der Waals surface area contributed by atoms with Crippen LogP contribution in [0.15, 0.2) is 60.7 Å². The van der Waals surface area contributed by atoms with E-state index in [0.717, 1.165) is 17.5 Å². The Morgan fingerprint density at radius 3 is 2.15 bits per heavy atom. The molecule has 3 nitrogen and oxygen atoms in total. The van der Waals surface area contributed by atoms with Crippen LogP contribution in [0, 0.1) is 11.8 Å². The summed E-state index contributed by atoms with van der Waals surface area (Å²) in [5.74, 6) is -0.796. The summed E-state index contributed by atoms with van der Waals surface area (Å²) in [6.45, 7) is 4.55. The average molecular weight is 350 g/mol. The Balaban J connectivity index is 1.89. The van der Waals surface area contributed by atoms with E-state index in [4.69, 9.17) is 4.74 Å². The van der Waals surface area contributed by atoms with Gasteiger partial charge >= 0.3 is 5.97 Å². The highest BCUT2D eigenvalue weighted by Gasteiger charge is 2.48. The Labute approximate surface area is 155 Å². The molecule has 0 aromatic heterocycles. The highest BCUT2D eigenvalue weighted by atomic mass is 16.5. The molecule has 3 rings (SSSR count). The van der Waals surface area contributed by atoms with Crippen molar-refractivity contribution < 1.29 is 14.3 Å². The van der Waals surface area contributed by atoms with Crippen LogP contribution in [-0.2, 0) is 14.3 Å². The lowest BCUT2D eigenvalue weighted by atomic mass is 9.80. The van der Waals surface area contributed by atoms with Crippen LogP contribution in [-0.4, -0.2) is 18.4 Å². The highest BCUT2D eigenvalue weighted by molar-refractivity contribution is 6.02. The van der Waals surface area contributed by atoms with E-state index in [1.165, 1.54) is 0 Å². The molecule has 0 heterocycles. The first-order valence-electron chi connectivity index (χ1n) is 9.37. The molecule has 0 amide bonds. The smallest absolute Gasteiger partial charge is 0.317 e. The van der Waals surface area contributed by atoms with Crippen LogP contribution in [0.5, 0.6) is 0 Å². The SMILES string of the molecule is CC(C)CCOC(=O)[C@@H]1C(=O)C[C@@H](c2ccccc2)[C@@H]1c1ccccc1. The molecule has 136 valence electrons. The molecule has 1 fully saturated rings. The average Bonchev–Trinajstić information content (AvgIpc) is 3.00. The zero-order valence-corrected chi connectivity index (χ0v) is 15.4. The van der Waals surface area contributed by atoms with Crippen LogP contribution in [0.4, 0.5) is 0 Å². The van der Waals surface area contributed by atoms with E-state index in [9.17, 15) is 9.59 Å². The fraction of sp³-hybridized carbons (Fsp3) is 0.391. The molecule has 1 aliphatic rings. The Bertz CT molecular complexity index is 737. The number of ether oxygens (including phenoxy) is 1. The number of rotatable bonds is 6. The normalized spacial score (nSPS) is 22.6. The van der Waals surface area contributed by atoms with Crippen molar-refractivity contribution in [2.45, 2.75) is 38.5 Å². The summed E-state index contributed by atoms with van der Waals surface area (Å²) in [5.41, 5.74) is 2.13. The molecule has 0 aliphatic heterocycles. The Hall–Kier alpha value is -2.42. The molecule has 2 aromatic carbocycles. The highest BCUT2D eigenvalue weighted by Crippen LogP contribution is 2.48. The van der Waals surface area contributed by atoms with E-state index in [1.807, 2.05) is 60.7 Å². The summed E-state index contributed by atoms with van der Waals surface area (Å²) in [5, 5.41) is 0. The van der Waals surface area contributed by atoms with Gasteiger partial charge in [0.1, 0.15) is 11.7 Å². The third-order valence-corrected chi connectivity index (χ3v) is 5.17. The van der Waals surface area contributed by atoms with Gasteiger partial charge in [0.05, 0.1) is 6.61 Å². The molecule has 0 N–H and O–H groups in total. The van der Waals surface area contributed by atoms with Crippen molar-refractivity contribution in [3.05, 3.63) is 71.8 Å². The zero-order chi connectivity index (χ0) is 18.5. The van der Waals surface area contributed by atoms with Gasteiger partial charge in [-0.25, -0.2) is 0 Å². The maximum atomic E-state index is 12.8. The fourth-order valence-corrected chi connectivity index (χ4v) is 3.79. The summed E-state index contributed by atoms with van der Waals surface area (Å²) in [4.78, 5) is 25.5. The molecule has 26 heavy (non-hydrogen) atoms. The number of ketones is 1. The quantitative estimate of drug-likeness (QED) is 0.559. The van der Waals surface area contributed by atoms with Crippen molar-refractivity contribution >= 4 is 11.8 Å². The molecule has 2 aromatic rings. The molecular formula is C23H26O3. The lowest BCUT2D eigenvalue weighted by Crippen LogP contribution is -2.27. The summed E-state index contributed by atoms with van der Waals surface area (Å²) in [7, 11) is 0. The molecule has 0 saturated heterocycles. The summed E-state index contributed by atoms with van der Waals surface area (Å²) in [6, 6.07) is 19.9. The Morgan fingerprint density at radius 1 is 1.00 bits per heavy atom. The second-order valence-corrected chi connectivity index (χ2v) is 7.45. The Kier molecular flexibility index (Phi) is 5.87. The van der Waals surface area contributed by atoms with E-state index in [-0.39, 0.29) is 23.6 Å². The van der Waals surface area contributed by atoms with E-state index >= 15 is 0 Å². The number of hydrogen-bond acceptors (Lipinski definition) is 3. The molecule has 0 radical (unpaired) electrons. The van der Waals surface area contributed by atoms with Gasteiger partial charge in [-0.15, -0.1) is 0 Å². The van der Waals surface area contributed by atoms with Crippen molar-refractivity contribution in [1.29, 1.82) is 0 Å². The first kappa shape index (κ1) is 18.4. The van der Waals surface area contributed by atoms with Crippen LogP contribution in [0.25, 0.3) is 0 Å². The van der Waals surface area contributed by atoms with Gasteiger partial charge in [-0.05, 0) is 29.4 Å². The number of benzene rings is 2. The minimum absolute atomic E-state index is 0.00810. The second kappa shape index (κ2) is 8.31. The van der Waals surface area contributed by atoms with Gasteiger partial charge in [-0.3, -0.25) is 9.59 Å². The van der Waals surface area contributed by atoms with Gasteiger partial charge in [0.2, 0.25) is 0 Å². The number of Topliss-reactive ketones (excluding diaryl/α,β-unsaturated/α-hetero) is 1. The molecule has 3 atom stereocenters. The topological polar surface area (TPSA) is 43.4 Å². The lowest BCUT2D eigenvalue weighted by molar-refractivity contribution is -0.151. The number of carbonyl (C=O) groups excluding carboxylic acids is 2.